The molecule has 1 amide bonds. The van der Waals surface area contributed by atoms with Crippen LogP contribution in [0.1, 0.15) is 6.42 Å². The molecule has 0 heterocycles. The summed E-state index contributed by atoms with van der Waals surface area (Å²) in [6, 6.07) is -0.380. The molecule has 15 heavy (non-hydrogen) atoms. The standard InChI is InChI=1S/C10H18N2OS2/c1-3-6-15-8-5-12-10(13)9(11)4-7-14-2/h1,9H,4-8,11H2,2H3,(H,12,13)/t9-/m1/s1. The molecule has 0 rings (SSSR count). The summed E-state index contributed by atoms with van der Waals surface area (Å²) in [6.07, 6.45) is 7.82. The Hall–Kier alpha value is -0.310. The molecule has 0 radical (unpaired) electrons. The third-order valence-electron chi connectivity index (χ3n) is 1.70. The predicted molar refractivity (Wildman–Crippen MR) is 70.1 cm³/mol. The quantitative estimate of drug-likeness (QED) is 0.485. The fraction of sp³-hybridized carbons (Fsp3) is 0.700. The first-order chi connectivity index (χ1) is 7.22. The Bertz CT molecular complexity index is 216. The van der Waals surface area contributed by atoms with Crippen molar-refractivity contribution in [3.05, 3.63) is 0 Å². The number of thioether (sulfide) groups is 2. The van der Waals surface area contributed by atoms with E-state index in [1.165, 1.54) is 0 Å². The van der Waals surface area contributed by atoms with Gasteiger partial charge in [-0.1, -0.05) is 5.92 Å². The molecule has 0 aromatic rings. The maximum atomic E-state index is 11.4. The normalized spacial score (nSPS) is 11.8. The first-order valence-electron chi connectivity index (χ1n) is 4.75. The topological polar surface area (TPSA) is 55.1 Å². The Balaban J connectivity index is 3.43. The summed E-state index contributed by atoms with van der Waals surface area (Å²) < 4.78 is 0. The zero-order chi connectivity index (χ0) is 11.5. The van der Waals surface area contributed by atoms with E-state index in [1.54, 1.807) is 23.5 Å². The van der Waals surface area contributed by atoms with Gasteiger partial charge in [-0.2, -0.15) is 11.8 Å². The van der Waals surface area contributed by atoms with Crippen LogP contribution in [0.15, 0.2) is 0 Å². The SMILES string of the molecule is C#CCSCCNC(=O)[C@H](N)CCSC. The molecule has 1 atom stereocenters. The number of hydrogen-bond donors (Lipinski definition) is 2. The Morgan fingerprint density at radius 2 is 2.33 bits per heavy atom. The van der Waals surface area contributed by atoms with Gasteiger partial charge in [-0.3, -0.25) is 4.79 Å². The van der Waals surface area contributed by atoms with Crippen molar-refractivity contribution in [3.8, 4) is 12.3 Å². The van der Waals surface area contributed by atoms with E-state index >= 15 is 0 Å². The Morgan fingerprint density at radius 1 is 1.60 bits per heavy atom. The highest BCUT2D eigenvalue weighted by atomic mass is 32.2. The highest BCUT2D eigenvalue weighted by Gasteiger charge is 2.11. The molecular weight excluding hydrogens is 228 g/mol. The molecule has 0 saturated carbocycles. The van der Waals surface area contributed by atoms with E-state index in [0.717, 1.165) is 17.9 Å². The predicted octanol–water partition coefficient (Wildman–Crippen LogP) is 0.549. The maximum absolute atomic E-state index is 11.4. The molecule has 0 aromatic carbocycles. The second kappa shape index (κ2) is 10.2. The van der Waals surface area contributed by atoms with Gasteiger partial charge in [0.1, 0.15) is 0 Å². The van der Waals surface area contributed by atoms with Gasteiger partial charge in [0.15, 0.2) is 0 Å². The minimum Gasteiger partial charge on any atom is -0.354 e. The van der Waals surface area contributed by atoms with Crippen LogP contribution in [0.5, 0.6) is 0 Å². The van der Waals surface area contributed by atoms with Crippen molar-refractivity contribution in [2.45, 2.75) is 12.5 Å². The van der Waals surface area contributed by atoms with Gasteiger partial charge >= 0.3 is 0 Å². The summed E-state index contributed by atoms with van der Waals surface area (Å²) in [5, 5.41) is 2.79. The molecule has 5 heteroatoms. The summed E-state index contributed by atoms with van der Waals surface area (Å²) in [5.41, 5.74) is 5.68. The lowest BCUT2D eigenvalue weighted by Gasteiger charge is -2.10. The average Bonchev–Trinajstić information content (AvgIpc) is 2.25. The fourth-order valence-corrected chi connectivity index (χ4v) is 1.88. The first kappa shape index (κ1) is 14.7. The lowest BCUT2D eigenvalue weighted by molar-refractivity contribution is -0.122. The van der Waals surface area contributed by atoms with Gasteiger partial charge in [0, 0.05) is 12.3 Å². The highest BCUT2D eigenvalue weighted by Crippen LogP contribution is 1.99. The lowest BCUT2D eigenvalue weighted by atomic mass is 10.2. The number of nitrogens with two attached hydrogens (primary N) is 1. The zero-order valence-electron chi connectivity index (χ0n) is 8.99. The zero-order valence-corrected chi connectivity index (χ0v) is 10.6. The minimum atomic E-state index is -0.380. The summed E-state index contributed by atoms with van der Waals surface area (Å²) in [7, 11) is 0. The van der Waals surface area contributed by atoms with E-state index < -0.39 is 0 Å². The van der Waals surface area contributed by atoms with Crippen molar-refractivity contribution in [1.29, 1.82) is 0 Å². The number of amides is 1. The van der Waals surface area contributed by atoms with Crippen LogP contribution in [0.4, 0.5) is 0 Å². The molecule has 0 aromatic heterocycles. The summed E-state index contributed by atoms with van der Waals surface area (Å²) >= 11 is 3.33. The van der Waals surface area contributed by atoms with Crippen molar-refractivity contribution < 1.29 is 4.79 Å². The highest BCUT2D eigenvalue weighted by molar-refractivity contribution is 7.99. The van der Waals surface area contributed by atoms with Gasteiger partial charge in [0.25, 0.3) is 0 Å². The number of nitrogens with one attached hydrogen (secondary N) is 1. The molecule has 3 N–H and O–H groups in total. The van der Waals surface area contributed by atoms with Crippen LogP contribution in [-0.2, 0) is 4.79 Å². The molecule has 0 bridgehead atoms. The van der Waals surface area contributed by atoms with Crippen LogP contribution in [-0.4, -0.2) is 42.0 Å². The van der Waals surface area contributed by atoms with Crippen LogP contribution in [0.25, 0.3) is 0 Å². The molecule has 0 unspecified atom stereocenters. The summed E-state index contributed by atoms with van der Waals surface area (Å²) in [4.78, 5) is 11.4. The van der Waals surface area contributed by atoms with Crippen molar-refractivity contribution in [3.63, 3.8) is 0 Å². The minimum absolute atomic E-state index is 0.0645. The molecule has 0 fully saturated rings. The average molecular weight is 246 g/mol. The maximum Gasteiger partial charge on any atom is 0.236 e. The van der Waals surface area contributed by atoms with Gasteiger partial charge in [-0.25, -0.2) is 0 Å². The number of carbonyl (C=O) groups is 1. The largest absolute Gasteiger partial charge is 0.354 e. The van der Waals surface area contributed by atoms with E-state index in [9.17, 15) is 4.79 Å². The molecule has 0 spiro atoms. The molecular formula is C10H18N2OS2. The van der Waals surface area contributed by atoms with Gasteiger partial charge in [-0.05, 0) is 18.4 Å². The smallest absolute Gasteiger partial charge is 0.236 e. The van der Waals surface area contributed by atoms with Crippen molar-refractivity contribution in [2.75, 3.05) is 30.1 Å². The molecule has 0 aliphatic carbocycles. The van der Waals surface area contributed by atoms with Gasteiger partial charge in [-0.15, -0.1) is 18.2 Å². The monoisotopic (exact) mass is 246 g/mol. The summed E-state index contributed by atoms with van der Waals surface area (Å²) in [6.45, 7) is 0.637. The number of hydrogen-bond acceptors (Lipinski definition) is 4. The van der Waals surface area contributed by atoms with E-state index in [1.807, 2.05) is 6.26 Å². The number of terminal acetylenes is 1. The van der Waals surface area contributed by atoms with Crippen LogP contribution < -0.4 is 11.1 Å². The van der Waals surface area contributed by atoms with Crippen molar-refractivity contribution in [1.82, 2.24) is 5.32 Å². The van der Waals surface area contributed by atoms with Crippen LogP contribution >= 0.6 is 23.5 Å². The Morgan fingerprint density at radius 3 is 2.93 bits per heavy atom. The van der Waals surface area contributed by atoms with E-state index in [-0.39, 0.29) is 11.9 Å². The van der Waals surface area contributed by atoms with Gasteiger partial charge in [0.2, 0.25) is 5.91 Å². The molecule has 0 aliphatic heterocycles. The second-order valence-corrected chi connectivity index (χ2v) is 5.03. The van der Waals surface area contributed by atoms with Crippen LogP contribution in [0.2, 0.25) is 0 Å². The molecule has 3 nitrogen and oxygen atoms in total. The molecule has 0 saturated heterocycles. The van der Waals surface area contributed by atoms with E-state index in [0.29, 0.717) is 12.3 Å². The van der Waals surface area contributed by atoms with E-state index in [4.69, 9.17) is 12.2 Å². The molecule has 0 aliphatic rings. The molecule has 86 valence electrons. The van der Waals surface area contributed by atoms with Crippen molar-refractivity contribution >= 4 is 29.4 Å². The van der Waals surface area contributed by atoms with E-state index in [2.05, 4.69) is 11.2 Å². The van der Waals surface area contributed by atoms with Crippen LogP contribution in [0, 0.1) is 12.3 Å². The fourth-order valence-electron chi connectivity index (χ4n) is 0.885. The van der Waals surface area contributed by atoms with Crippen LogP contribution in [0.3, 0.4) is 0 Å². The third kappa shape index (κ3) is 8.67. The number of carbonyl (C=O) groups excluding carboxylic acids is 1. The van der Waals surface area contributed by atoms with Gasteiger partial charge < -0.3 is 11.1 Å². The third-order valence-corrected chi connectivity index (χ3v) is 3.21. The van der Waals surface area contributed by atoms with Crippen molar-refractivity contribution in [2.24, 2.45) is 5.73 Å². The number of rotatable bonds is 8. The summed E-state index contributed by atoms with van der Waals surface area (Å²) in [5.74, 6) is 4.91. The first-order valence-corrected chi connectivity index (χ1v) is 7.30. The van der Waals surface area contributed by atoms with Gasteiger partial charge in [0.05, 0.1) is 11.8 Å². The Labute approximate surface area is 100 Å². The second-order valence-electron chi connectivity index (χ2n) is 2.94. The Kier molecular flexibility index (Phi) is 10.0. The lowest BCUT2D eigenvalue weighted by Crippen LogP contribution is -2.41.